The molecule has 0 atom stereocenters. The lowest BCUT2D eigenvalue weighted by Crippen LogP contribution is -2.17. The molecule has 1 N–H and O–H groups in total. The molecule has 7 nitrogen and oxygen atoms in total. The molecule has 0 aliphatic rings. The van der Waals surface area contributed by atoms with Crippen LogP contribution in [0.15, 0.2) is 76.4 Å². The van der Waals surface area contributed by atoms with Crippen LogP contribution in [0.2, 0.25) is 0 Å². The van der Waals surface area contributed by atoms with Gasteiger partial charge < -0.3 is 14.8 Å². The van der Waals surface area contributed by atoms with Crippen molar-refractivity contribution in [2.75, 3.05) is 18.9 Å². The Morgan fingerprint density at radius 3 is 2.60 bits per heavy atom. The van der Waals surface area contributed by atoms with Gasteiger partial charge in [-0.3, -0.25) is 0 Å². The van der Waals surface area contributed by atoms with Crippen LogP contribution in [0.4, 0.5) is 4.39 Å². The number of hydrogen-bond acceptors (Lipinski definition) is 7. The summed E-state index contributed by atoms with van der Waals surface area (Å²) in [5.74, 6) is 1.83. The van der Waals surface area contributed by atoms with E-state index in [9.17, 15) is 4.39 Å². The Balaban J connectivity index is 1.31. The summed E-state index contributed by atoms with van der Waals surface area (Å²) in [7, 11) is 0. The molecule has 0 aliphatic heterocycles. The van der Waals surface area contributed by atoms with Crippen LogP contribution >= 0.6 is 27.7 Å². The summed E-state index contributed by atoms with van der Waals surface area (Å²) in [5, 5.41) is 16.2. The lowest BCUT2D eigenvalue weighted by Gasteiger charge is -2.16. The van der Waals surface area contributed by atoms with E-state index in [1.807, 2.05) is 49.4 Å². The highest BCUT2D eigenvalue weighted by molar-refractivity contribution is 9.10. The summed E-state index contributed by atoms with van der Waals surface area (Å²) < 4.78 is 27.5. The Morgan fingerprint density at radius 2 is 1.83 bits per heavy atom. The van der Waals surface area contributed by atoms with E-state index in [2.05, 4.69) is 36.8 Å². The van der Waals surface area contributed by atoms with Crippen molar-refractivity contribution in [3.05, 3.63) is 88.1 Å². The maximum Gasteiger partial charge on any atom is 0.214 e. The first-order valence-electron chi connectivity index (χ1n) is 11.1. The molecule has 0 fully saturated rings. The Labute approximate surface area is 216 Å². The number of aromatic nitrogens is 4. The molecule has 10 heteroatoms. The van der Waals surface area contributed by atoms with Crippen molar-refractivity contribution in [1.29, 1.82) is 0 Å². The van der Waals surface area contributed by atoms with Gasteiger partial charge >= 0.3 is 0 Å². The third kappa shape index (κ3) is 7.03. The first kappa shape index (κ1) is 25.2. The van der Waals surface area contributed by atoms with Crippen molar-refractivity contribution in [1.82, 2.24) is 25.5 Å². The molecule has 3 aromatic carbocycles. The fraction of sp³-hybridized carbons (Fsp3) is 0.240. The van der Waals surface area contributed by atoms with Gasteiger partial charge in [0.15, 0.2) is 11.5 Å². The minimum atomic E-state index is -0.269. The molecule has 0 saturated carbocycles. The number of hydrogen-bond donors (Lipinski definition) is 1. The predicted molar refractivity (Wildman–Crippen MR) is 138 cm³/mol. The number of nitrogens with zero attached hydrogens (tertiary/aromatic N) is 4. The van der Waals surface area contributed by atoms with E-state index in [1.165, 1.54) is 12.1 Å². The summed E-state index contributed by atoms with van der Waals surface area (Å²) in [6, 6.07) is 20.1. The fourth-order valence-corrected chi connectivity index (χ4v) is 4.70. The average molecular weight is 558 g/mol. The molecule has 35 heavy (non-hydrogen) atoms. The summed E-state index contributed by atoms with van der Waals surface area (Å²) in [4.78, 5) is 0. The van der Waals surface area contributed by atoms with E-state index < -0.39 is 0 Å². The van der Waals surface area contributed by atoms with Crippen LogP contribution in [0, 0.1) is 5.82 Å². The van der Waals surface area contributed by atoms with Crippen molar-refractivity contribution in [2.45, 2.75) is 25.2 Å². The molecule has 0 bridgehead atoms. The fourth-order valence-electron chi connectivity index (χ4n) is 3.31. The maximum absolute atomic E-state index is 13.1. The maximum atomic E-state index is 13.1. The summed E-state index contributed by atoms with van der Waals surface area (Å²) in [6.45, 7) is 4.21. The topological polar surface area (TPSA) is 74.1 Å². The van der Waals surface area contributed by atoms with Gasteiger partial charge in [-0.15, -0.1) is 5.10 Å². The number of nitrogens with one attached hydrogen (secondary N) is 1. The van der Waals surface area contributed by atoms with Crippen molar-refractivity contribution in [2.24, 2.45) is 0 Å². The summed E-state index contributed by atoms with van der Waals surface area (Å²) in [6.07, 6.45) is 0. The molecule has 4 aromatic rings. The van der Waals surface area contributed by atoms with Crippen LogP contribution in [0.1, 0.15) is 18.1 Å². The molecule has 4 rings (SSSR count). The molecule has 1 aromatic heterocycles. The SMILES string of the molecule is CCOc1cc(CNCCSc2nnnn2-c2ccccc2)cc(Br)c1OCc1ccc(F)cc1. The first-order valence-corrected chi connectivity index (χ1v) is 12.9. The van der Waals surface area contributed by atoms with Crippen LogP contribution in [-0.4, -0.2) is 39.1 Å². The first-order chi connectivity index (χ1) is 17.1. The van der Waals surface area contributed by atoms with Gasteiger partial charge in [0.2, 0.25) is 5.16 Å². The summed E-state index contributed by atoms with van der Waals surface area (Å²) >= 11 is 5.20. The van der Waals surface area contributed by atoms with Gasteiger partial charge in [0.05, 0.1) is 16.8 Å². The van der Waals surface area contributed by atoms with Crippen molar-refractivity contribution < 1.29 is 13.9 Å². The van der Waals surface area contributed by atoms with Gasteiger partial charge in [-0.2, -0.15) is 4.68 Å². The molecule has 0 aliphatic carbocycles. The lowest BCUT2D eigenvalue weighted by atomic mass is 10.2. The van der Waals surface area contributed by atoms with Gasteiger partial charge in [0.25, 0.3) is 0 Å². The highest BCUT2D eigenvalue weighted by atomic mass is 79.9. The Bertz CT molecular complexity index is 1220. The Kier molecular flexibility index (Phi) is 9.10. The number of halogens is 2. The monoisotopic (exact) mass is 557 g/mol. The van der Waals surface area contributed by atoms with E-state index in [0.29, 0.717) is 31.3 Å². The second-order valence-electron chi connectivity index (χ2n) is 7.49. The normalized spacial score (nSPS) is 10.9. The second kappa shape index (κ2) is 12.7. The number of benzene rings is 3. The minimum Gasteiger partial charge on any atom is -0.490 e. The van der Waals surface area contributed by atoms with Crippen LogP contribution in [0.25, 0.3) is 5.69 Å². The number of ether oxygens (including phenoxy) is 2. The number of para-hydroxylation sites is 1. The van der Waals surface area contributed by atoms with E-state index in [-0.39, 0.29) is 5.82 Å². The van der Waals surface area contributed by atoms with Crippen LogP contribution in [-0.2, 0) is 13.2 Å². The second-order valence-corrected chi connectivity index (χ2v) is 9.40. The smallest absolute Gasteiger partial charge is 0.214 e. The van der Waals surface area contributed by atoms with Gasteiger partial charge in [-0.1, -0.05) is 42.1 Å². The van der Waals surface area contributed by atoms with Gasteiger partial charge in [0, 0.05) is 18.8 Å². The van der Waals surface area contributed by atoms with Crippen molar-refractivity contribution in [3.8, 4) is 17.2 Å². The van der Waals surface area contributed by atoms with Crippen molar-refractivity contribution >= 4 is 27.7 Å². The molecule has 0 amide bonds. The predicted octanol–water partition coefficient (Wildman–Crippen LogP) is 5.42. The highest BCUT2D eigenvalue weighted by Crippen LogP contribution is 2.37. The van der Waals surface area contributed by atoms with Gasteiger partial charge in [-0.05, 0) is 80.8 Å². The molecule has 1 heterocycles. The van der Waals surface area contributed by atoms with Crippen LogP contribution in [0.5, 0.6) is 11.5 Å². The van der Waals surface area contributed by atoms with Gasteiger partial charge in [-0.25, -0.2) is 4.39 Å². The Hall–Kier alpha value is -2.95. The summed E-state index contributed by atoms with van der Waals surface area (Å²) in [5.41, 5.74) is 2.87. The number of rotatable bonds is 12. The van der Waals surface area contributed by atoms with E-state index in [4.69, 9.17) is 9.47 Å². The Morgan fingerprint density at radius 1 is 1.03 bits per heavy atom. The molecule has 0 spiro atoms. The highest BCUT2D eigenvalue weighted by Gasteiger charge is 2.13. The lowest BCUT2D eigenvalue weighted by molar-refractivity contribution is 0.267. The zero-order valence-corrected chi connectivity index (χ0v) is 21.6. The number of tetrazole rings is 1. The standard InChI is InChI=1S/C25H25BrFN5O2S/c1-2-33-23-15-19(14-22(26)24(23)34-17-18-8-10-20(27)11-9-18)16-28-12-13-35-25-29-30-31-32(25)21-6-4-3-5-7-21/h3-11,14-15,28H,2,12-13,16-17H2,1H3. The third-order valence-corrected chi connectivity index (χ3v) is 6.46. The van der Waals surface area contributed by atoms with Crippen LogP contribution in [0.3, 0.4) is 0 Å². The average Bonchev–Trinajstić information content (AvgIpc) is 3.34. The van der Waals surface area contributed by atoms with E-state index in [1.54, 1.807) is 28.6 Å². The third-order valence-electron chi connectivity index (χ3n) is 4.95. The van der Waals surface area contributed by atoms with E-state index in [0.717, 1.165) is 38.7 Å². The van der Waals surface area contributed by atoms with Crippen molar-refractivity contribution in [3.63, 3.8) is 0 Å². The zero-order valence-electron chi connectivity index (χ0n) is 19.2. The van der Waals surface area contributed by atoms with Crippen LogP contribution < -0.4 is 14.8 Å². The van der Waals surface area contributed by atoms with E-state index >= 15 is 0 Å². The van der Waals surface area contributed by atoms with Gasteiger partial charge in [0.1, 0.15) is 12.4 Å². The molecule has 182 valence electrons. The zero-order chi connectivity index (χ0) is 24.5. The quantitative estimate of drug-likeness (QED) is 0.184. The molecule has 0 radical (unpaired) electrons. The molecule has 0 saturated heterocycles. The molecular weight excluding hydrogens is 533 g/mol. The number of thioether (sulfide) groups is 1. The largest absolute Gasteiger partial charge is 0.490 e. The molecular formula is C25H25BrFN5O2S. The molecule has 0 unspecified atom stereocenters. The minimum absolute atomic E-state index is 0.269.